The van der Waals surface area contributed by atoms with Crippen LogP contribution in [0.4, 0.5) is 5.82 Å². The summed E-state index contributed by atoms with van der Waals surface area (Å²) in [6, 6.07) is 8.02. The number of piperazine rings is 1. The molecule has 2 saturated heterocycles. The van der Waals surface area contributed by atoms with Crippen molar-refractivity contribution in [2.45, 2.75) is 81.4 Å². The molecule has 1 saturated carbocycles. The molecule has 4 aliphatic rings. The zero-order valence-corrected chi connectivity index (χ0v) is 21.8. The van der Waals surface area contributed by atoms with Crippen molar-refractivity contribution in [3.8, 4) is 0 Å². The van der Waals surface area contributed by atoms with Crippen molar-refractivity contribution < 1.29 is 9.90 Å². The summed E-state index contributed by atoms with van der Waals surface area (Å²) < 4.78 is 0. The van der Waals surface area contributed by atoms with Crippen molar-refractivity contribution in [3.63, 3.8) is 0 Å². The molecule has 2 aromatic rings. The van der Waals surface area contributed by atoms with Gasteiger partial charge >= 0.3 is 0 Å². The standard InChI is InChI=1S/C28H36ClN5O2/c1-18-16-22(35)25-23(18)26(31-17-30-25)33-12-14-34(15-13-33)27(36)24(19-4-6-20(29)7-5-19)21-8-11-28(32-21)9-2-3-10-28/h4-7,17-18,21-22,24,32,35H,2-3,8-16H2,1H3/t18-,21?,22-,24?/m1/s1. The number of benzene rings is 1. The lowest BCUT2D eigenvalue weighted by Gasteiger charge is -2.39. The molecule has 2 aliphatic carbocycles. The summed E-state index contributed by atoms with van der Waals surface area (Å²) >= 11 is 6.19. The summed E-state index contributed by atoms with van der Waals surface area (Å²) in [5, 5.41) is 15.0. The first-order valence-corrected chi connectivity index (χ1v) is 13.9. The number of amides is 1. The predicted octanol–water partition coefficient (Wildman–Crippen LogP) is 4.17. The summed E-state index contributed by atoms with van der Waals surface area (Å²) in [6.45, 7) is 4.91. The summed E-state index contributed by atoms with van der Waals surface area (Å²) in [5.41, 5.74) is 3.11. The van der Waals surface area contributed by atoms with Crippen molar-refractivity contribution in [2.24, 2.45) is 0 Å². The largest absolute Gasteiger partial charge is 0.387 e. The van der Waals surface area contributed by atoms with Crippen molar-refractivity contribution >= 4 is 23.3 Å². The van der Waals surface area contributed by atoms with E-state index in [0.29, 0.717) is 24.5 Å². The molecule has 0 radical (unpaired) electrons. The Hall–Kier alpha value is -2.22. The van der Waals surface area contributed by atoms with E-state index in [1.165, 1.54) is 25.7 Å². The van der Waals surface area contributed by atoms with E-state index < -0.39 is 6.10 Å². The maximum Gasteiger partial charge on any atom is 0.231 e. The summed E-state index contributed by atoms with van der Waals surface area (Å²) in [4.78, 5) is 27.3. The fourth-order valence-corrected chi connectivity index (χ4v) is 7.30. The first-order chi connectivity index (χ1) is 17.4. The van der Waals surface area contributed by atoms with Crippen molar-refractivity contribution in [3.05, 3.63) is 52.4 Å². The number of carbonyl (C=O) groups excluding carboxylic acids is 1. The molecule has 3 fully saturated rings. The maximum atomic E-state index is 14.1. The highest BCUT2D eigenvalue weighted by atomic mass is 35.5. The number of nitrogens with zero attached hydrogens (tertiary/aromatic N) is 4. The lowest BCUT2D eigenvalue weighted by Crippen LogP contribution is -2.53. The van der Waals surface area contributed by atoms with E-state index in [2.05, 4.69) is 27.1 Å². The van der Waals surface area contributed by atoms with Gasteiger partial charge < -0.3 is 20.2 Å². The van der Waals surface area contributed by atoms with Crippen LogP contribution < -0.4 is 10.2 Å². The molecule has 2 unspecified atom stereocenters. The van der Waals surface area contributed by atoms with E-state index in [0.717, 1.165) is 48.6 Å². The van der Waals surface area contributed by atoms with Gasteiger partial charge in [0.1, 0.15) is 12.1 Å². The minimum atomic E-state index is -0.512. The van der Waals surface area contributed by atoms with Gasteiger partial charge in [-0.25, -0.2) is 9.97 Å². The highest BCUT2D eigenvalue weighted by molar-refractivity contribution is 6.30. The monoisotopic (exact) mass is 509 g/mol. The summed E-state index contributed by atoms with van der Waals surface area (Å²) in [6.07, 6.45) is 8.94. The first-order valence-electron chi connectivity index (χ1n) is 13.5. The quantitative estimate of drug-likeness (QED) is 0.644. The van der Waals surface area contributed by atoms with Gasteiger partial charge in [0.25, 0.3) is 0 Å². The molecule has 0 bridgehead atoms. The molecule has 2 aliphatic heterocycles. The van der Waals surface area contributed by atoms with Gasteiger partial charge in [0.15, 0.2) is 0 Å². The number of nitrogens with one attached hydrogen (secondary N) is 1. The van der Waals surface area contributed by atoms with Gasteiger partial charge in [-0.3, -0.25) is 4.79 Å². The Morgan fingerprint density at radius 1 is 1.11 bits per heavy atom. The number of aromatic nitrogens is 2. The molecule has 3 heterocycles. The predicted molar refractivity (Wildman–Crippen MR) is 140 cm³/mol. The van der Waals surface area contributed by atoms with Gasteiger partial charge in [-0.05, 0) is 55.7 Å². The van der Waals surface area contributed by atoms with Crippen LogP contribution in [0.3, 0.4) is 0 Å². The van der Waals surface area contributed by atoms with Crippen LogP contribution >= 0.6 is 11.6 Å². The Morgan fingerprint density at radius 2 is 1.83 bits per heavy atom. The molecule has 1 aromatic carbocycles. The van der Waals surface area contributed by atoms with Gasteiger partial charge in [0.05, 0.1) is 17.7 Å². The number of hydrogen-bond acceptors (Lipinski definition) is 6. The van der Waals surface area contributed by atoms with Crippen LogP contribution in [0.15, 0.2) is 30.6 Å². The van der Waals surface area contributed by atoms with Crippen LogP contribution in [0.1, 0.15) is 86.6 Å². The third kappa shape index (κ3) is 4.29. The van der Waals surface area contributed by atoms with E-state index in [1.807, 2.05) is 29.2 Å². The number of rotatable bonds is 4. The van der Waals surface area contributed by atoms with Gasteiger partial charge in [0, 0.05) is 48.3 Å². The average Bonchev–Trinajstić information content (AvgIpc) is 3.61. The molecular weight excluding hydrogens is 474 g/mol. The minimum Gasteiger partial charge on any atom is -0.387 e. The molecule has 1 aromatic heterocycles. The second kappa shape index (κ2) is 9.58. The van der Waals surface area contributed by atoms with Crippen molar-refractivity contribution in [1.29, 1.82) is 0 Å². The lowest BCUT2D eigenvalue weighted by atomic mass is 9.88. The second-order valence-corrected chi connectivity index (χ2v) is 11.7. The normalized spacial score (nSPS) is 28.0. The highest BCUT2D eigenvalue weighted by Gasteiger charge is 2.46. The Labute approximate surface area is 218 Å². The fraction of sp³-hybridized carbons (Fsp3) is 0.607. The molecule has 1 spiro atoms. The fourth-order valence-electron chi connectivity index (χ4n) is 7.17. The number of aliphatic hydroxyl groups excluding tert-OH is 1. The van der Waals surface area contributed by atoms with E-state index in [9.17, 15) is 9.90 Å². The molecule has 36 heavy (non-hydrogen) atoms. The molecule has 1 amide bonds. The Morgan fingerprint density at radius 3 is 2.56 bits per heavy atom. The minimum absolute atomic E-state index is 0.155. The van der Waals surface area contributed by atoms with Crippen molar-refractivity contribution in [1.82, 2.24) is 20.2 Å². The first kappa shape index (κ1) is 24.1. The Balaban J connectivity index is 1.20. The van der Waals surface area contributed by atoms with Gasteiger partial charge in [-0.1, -0.05) is 43.5 Å². The third-order valence-corrected chi connectivity index (χ3v) is 9.31. The van der Waals surface area contributed by atoms with E-state index in [1.54, 1.807) is 6.33 Å². The molecule has 4 atom stereocenters. The maximum absolute atomic E-state index is 14.1. The van der Waals surface area contributed by atoms with Crippen LogP contribution in [0.25, 0.3) is 0 Å². The number of carbonyl (C=O) groups is 1. The lowest BCUT2D eigenvalue weighted by molar-refractivity contribution is -0.133. The van der Waals surface area contributed by atoms with Crippen LogP contribution in [-0.4, -0.2) is 63.6 Å². The van der Waals surface area contributed by atoms with Crippen LogP contribution in [-0.2, 0) is 4.79 Å². The zero-order chi connectivity index (χ0) is 24.9. The van der Waals surface area contributed by atoms with Crippen LogP contribution in [0.2, 0.25) is 5.02 Å². The van der Waals surface area contributed by atoms with E-state index >= 15 is 0 Å². The number of halogens is 1. The Bertz CT molecular complexity index is 1110. The molecule has 192 valence electrons. The van der Waals surface area contributed by atoms with Crippen LogP contribution in [0.5, 0.6) is 0 Å². The van der Waals surface area contributed by atoms with Crippen LogP contribution in [0, 0.1) is 0 Å². The van der Waals surface area contributed by atoms with E-state index in [4.69, 9.17) is 11.6 Å². The summed E-state index contributed by atoms with van der Waals surface area (Å²) in [7, 11) is 0. The smallest absolute Gasteiger partial charge is 0.231 e. The SMILES string of the molecule is C[C@@H]1C[C@@H](O)c2ncnc(N3CCN(C(=O)C(c4ccc(Cl)cc4)C4CCC5(CCCC5)N4)CC3)c21. The average molecular weight is 510 g/mol. The van der Waals surface area contributed by atoms with E-state index in [-0.39, 0.29) is 29.3 Å². The topological polar surface area (TPSA) is 81.6 Å². The highest BCUT2D eigenvalue weighted by Crippen LogP contribution is 2.44. The summed E-state index contributed by atoms with van der Waals surface area (Å²) in [5.74, 6) is 1.16. The molecule has 6 rings (SSSR count). The third-order valence-electron chi connectivity index (χ3n) is 9.05. The van der Waals surface area contributed by atoms with Crippen molar-refractivity contribution in [2.75, 3.05) is 31.1 Å². The second-order valence-electron chi connectivity index (χ2n) is 11.3. The molecular formula is C28H36ClN5O2. The van der Waals surface area contributed by atoms with Gasteiger partial charge in [-0.15, -0.1) is 0 Å². The number of aliphatic hydroxyl groups is 1. The van der Waals surface area contributed by atoms with Gasteiger partial charge in [0.2, 0.25) is 5.91 Å². The Kier molecular flexibility index (Phi) is 6.42. The van der Waals surface area contributed by atoms with Gasteiger partial charge in [-0.2, -0.15) is 0 Å². The zero-order valence-electron chi connectivity index (χ0n) is 21.0. The number of fused-ring (bicyclic) bond motifs is 1. The molecule has 2 N–H and O–H groups in total. The number of hydrogen-bond donors (Lipinski definition) is 2. The molecule has 8 heteroatoms. The number of anilines is 1. The molecule has 7 nitrogen and oxygen atoms in total.